The van der Waals surface area contributed by atoms with E-state index >= 15 is 0 Å². The molecule has 1 saturated carbocycles. The van der Waals surface area contributed by atoms with Crippen molar-refractivity contribution in [2.75, 3.05) is 10.7 Å². The number of anilines is 1. The number of tetrazole rings is 1. The highest BCUT2D eigenvalue weighted by Crippen LogP contribution is 2.34. The van der Waals surface area contributed by atoms with E-state index in [0.717, 1.165) is 12.8 Å². The van der Waals surface area contributed by atoms with E-state index in [-0.39, 0.29) is 17.8 Å². The van der Waals surface area contributed by atoms with E-state index in [4.69, 9.17) is 0 Å². The van der Waals surface area contributed by atoms with Crippen LogP contribution in [0.15, 0.2) is 30.3 Å². The predicted molar refractivity (Wildman–Crippen MR) is 92.6 cm³/mol. The largest absolute Gasteiger partial charge is 0.309 e. The van der Waals surface area contributed by atoms with Gasteiger partial charge in [0.1, 0.15) is 11.5 Å². The first-order chi connectivity index (χ1) is 11.9. The number of aromatic nitrogens is 4. The minimum Gasteiger partial charge on any atom is -0.309 e. The lowest BCUT2D eigenvalue weighted by Gasteiger charge is -2.26. The van der Waals surface area contributed by atoms with Gasteiger partial charge in [0.2, 0.25) is 5.91 Å². The molecule has 1 aliphatic rings. The summed E-state index contributed by atoms with van der Waals surface area (Å²) in [4.78, 5) is 14.2. The molecule has 25 heavy (non-hydrogen) atoms. The average molecular weight is 363 g/mol. The number of nitrogens with zero attached hydrogens (tertiary/aromatic N) is 5. The summed E-state index contributed by atoms with van der Waals surface area (Å²) in [5, 5.41) is 11.2. The first-order valence-corrected chi connectivity index (χ1v) is 10.0. The highest BCUT2D eigenvalue weighted by atomic mass is 32.2. The Labute approximate surface area is 146 Å². The van der Waals surface area contributed by atoms with Crippen molar-refractivity contribution in [1.82, 2.24) is 20.2 Å². The number of carbonyl (C=O) groups is 1. The standard InChI is InChI=1S/C16H21N5O3S/c1-12(2)20(13-6-4-3-5-7-13)16(22)11-25(23,24)10-15-17-18-19-21(15)14-8-9-14/h3-7,12,14H,8-11H2,1-2H3. The van der Waals surface area contributed by atoms with E-state index in [1.54, 1.807) is 16.8 Å². The van der Waals surface area contributed by atoms with E-state index in [2.05, 4.69) is 15.5 Å². The van der Waals surface area contributed by atoms with Gasteiger partial charge in [-0.05, 0) is 49.2 Å². The minimum absolute atomic E-state index is 0.151. The number of carbonyl (C=O) groups excluding carboxylic acids is 1. The molecule has 134 valence electrons. The van der Waals surface area contributed by atoms with Crippen molar-refractivity contribution in [2.45, 2.75) is 44.5 Å². The maximum absolute atomic E-state index is 12.6. The monoisotopic (exact) mass is 363 g/mol. The van der Waals surface area contributed by atoms with Crippen molar-refractivity contribution < 1.29 is 13.2 Å². The average Bonchev–Trinajstić information content (AvgIpc) is 3.27. The van der Waals surface area contributed by atoms with Crippen molar-refractivity contribution in [3.63, 3.8) is 0 Å². The zero-order valence-electron chi connectivity index (χ0n) is 14.2. The Bertz CT molecular complexity index is 844. The topological polar surface area (TPSA) is 98.1 Å². The molecule has 3 rings (SSSR count). The Morgan fingerprint density at radius 1 is 1.28 bits per heavy atom. The van der Waals surface area contributed by atoms with Crippen LogP contribution in [0.25, 0.3) is 0 Å². The normalized spacial score (nSPS) is 14.7. The van der Waals surface area contributed by atoms with Crippen LogP contribution >= 0.6 is 0 Å². The number of sulfone groups is 1. The molecule has 0 bridgehead atoms. The lowest BCUT2D eigenvalue weighted by atomic mass is 10.2. The Balaban J connectivity index is 1.74. The Morgan fingerprint density at radius 2 is 1.96 bits per heavy atom. The first kappa shape index (κ1) is 17.5. The fourth-order valence-corrected chi connectivity index (χ4v) is 3.93. The maximum atomic E-state index is 12.6. The molecule has 1 aliphatic carbocycles. The smallest absolute Gasteiger partial charge is 0.242 e. The van der Waals surface area contributed by atoms with Crippen LogP contribution < -0.4 is 4.90 Å². The van der Waals surface area contributed by atoms with Crippen LogP contribution in [-0.2, 0) is 20.4 Å². The summed E-state index contributed by atoms with van der Waals surface area (Å²) in [6.07, 6.45) is 1.90. The van der Waals surface area contributed by atoms with Gasteiger partial charge in [-0.15, -0.1) is 5.10 Å². The van der Waals surface area contributed by atoms with Crippen LogP contribution in [0.5, 0.6) is 0 Å². The summed E-state index contributed by atoms with van der Waals surface area (Å²) >= 11 is 0. The van der Waals surface area contributed by atoms with Crippen LogP contribution in [0.4, 0.5) is 5.69 Å². The molecule has 0 spiro atoms. The second kappa shape index (κ2) is 6.91. The van der Waals surface area contributed by atoms with Gasteiger partial charge in [0.25, 0.3) is 0 Å². The Hall–Kier alpha value is -2.29. The molecule has 1 amide bonds. The molecule has 0 N–H and O–H groups in total. The fourth-order valence-electron chi connectivity index (χ4n) is 2.73. The van der Waals surface area contributed by atoms with Gasteiger partial charge in [-0.1, -0.05) is 18.2 Å². The molecular weight excluding hydrogens is 342 g/mol. The molecule has 0 saturated heterocycles. The van der Waals surface area contributed by atoms with Crippen LogP contribution in [-0.4, -0.2) is 46.3 Å². The van der Waals surface area contributed by atoms with Gasteiger partial charge in [-0.2, -0.15) is 0 Å². The minimum atomic E-state index is -3.67. The molecule has 1 aromatic carbocycles. The Kier molecular flexibility index (Phi) is 4.85. The van der Waals surface area contributed by atoms with E-state index < -0.39 is 21.5 Å². The van der Waals surface area contributed by atoms with Crippen molar-refractivity contribution >= 4 is 21.4 Å². The summed E-state index contributed by atoms with van der Waals surface area (Å²) in [5.41, 5.74) is 0.681. The molecule has 0 aliphatic heterocycles. The summed E-state index contributed by atoms with van der Waals surface area (Å²) in [5.74, 6) is -1.06. The van der Waals surface area contributed by atoms with Crippen molar-refractivity contribution in [3.8, 4) is 0 Å². The van der Waals surface area contributed by atoms with Crippen LogP contribution in [0.3, 0.4) is 0 Å². The molecule has 0 atom stereocenters. The third-order valence-electron chi connectivity index (χ3n) is 3.97. The van der Waals surface area contributed by atoms with Crippen molar-refractivity contribution in [1.29, 1.82) is 0 Å². The van der Waals surface area contributed by atoms with Gasteiger partial charge < -0.3 is 4.90 Å². The highest BCUT2D eigenvalue weighted by molar-refractivity contribution is 7.91. The van der Waals surface area contributed by atoms with E-state index in [0.29, 0.717) is 11.5 Å². The zero-order valence-corrected chi connectivity index (χ0v) is 15.1. The number of amides is 1. The van der Waals surface area contributed by atoms with Gasteiger partial charge in [-0.25, -0.2) is 13.1 Å². The first-order valence-electron chi connectivity index (χ1n) is 8.21. The Morgan fingerprint density at radius 3 is 2.56 bits per heavy atom. The molecule has 2 aromatic rings. The molecular formula is C16H21N5O3S. The van der Waals surface area contributed by atoms with Gasteiger partial charge in [0.15, 0.2) is 15.7 Å². The second-order valence-corrected chi connectivity index (χ2v) is 8.56. The molecule has 1 fully saturated rings. The molecule has 0 radical (unpaired) electrons. The molecule has 1 aromatic heterocycles. The predicted octanol–water partition coefficient (Wildman–Crippen LogP) is 1.36. The van der Waals surface area contributed by atoms with Gasteiger partial charge in [0, 0.05) is 11.7 Å². The number of benzene rings is 1. The summed E-state index contributed by atoms with van der Waals surface area (Å²) in [6, 6.07) is 9.10. The fraction of sp³-hybridized carbons (Fsp3) is 0.500. The lowest BCUT2D eigenvalue weighted by Crippen LogP contribution is -2.41. The molecule has 8 nitrogen and oxygen atoms in total. The quantitative estimate of drug-likeness (QED) is 0.737. The van der Waals surface area contributed by atoms with Crippen LogP contribution in [0.1, 0.15) is 38.6 Å². The van der Waals surface area contributed by atoms with E-state index in [9.17, 15) is 13.2 Å². The molecule has 1 heterocycles. The van der Waals surface area contributed by atoms with Crippen LogP contribution in [0, 0.1) is 0 Å². The van der Waals surface area contributed by atoms with Gasteiger partial charge in [-0.3, -0.25) is 4.79 Å². The van der Waals surface area contributed by atoms with Gasteiger partial charge >= 0.3 is 0 Å². The number of hydrogen-bond donors (Lipinski definition) is 0. The van der Waals surface area contributed by atoms with Crippen molar-refractivity contribution in [3.05, 3.63) is 36.2 Å². The van der Waals surface area contributed by atoms with Gasteiger partial charge in [0.05, 0.1) is 6.04 Å². The summed E-state index contributed by atoms with van der Waals surface area (Å²) in [6.45, 7) is 3.70. The number of hydrogen-bond acceptors (Lipinski definition) is 6. The van der Waals surface area contributed by atoms with E-state index in [1.807, 2.05) is 32.0 Å². The third-order valence-corrected chi connectivity index (χ3v) is 5.35. The van der Waals surface area contributed by atoms with Crippen LogP contribution in [0.2, 0.25) is 0 Å². The maximum Gasteiger partial charge on any atom is 0.242 e. The number of rotatable bonds is 7. The molecule has 9 heteroatoms. The lowest BCUT2D eigenvalue weighted by molar-refractivity contribution is -0.116. The summed E-state index contributed by atoms with van der Waals surface area (Å²) < 4.78 is 26.6. The van der Waals surface area contributed by atoms with Crippen molar-refractivity contribution in [2.24, 2.45) is 0 Å². The highest BCUT2D eigenvalue weighted by Gasteiger charge is 2.31. The van der Waals surface area contributed by atoms with E-state index in [1.165, 1.54) is 4.90 Å². The third kappa shape index (κ3) is 4.22. The second-order valence-electron chi connectivity index (χ2n) is 6.50. The molecule has 0 unspecified atom stereocenters. The number of para-hydroxylation sites is 1. The summed E-state index contributed by atoms with van der Waals surface area (Å²) in [7, 11) is -3.67. The SMILES string of the molecule is CC(C)N(C(=O)CS(=O)(=O)Cc1nnnn1C1CC1)c1ccccc1. The zero-order chi connectivity index (χ0) is 18.0.